The number of rotatable bonds is 3. The minimum Gasteiger partial charge on any atom is -0.316 e. The summed E-state index contributed by atoms with van der Waals surface area (Å²) in [5, 5.41) is 3.88. The van der Waals surface area contributed by atoms with Gasteiger partial charge in [0, 0.05) is 18.9 Å². The smallest absolute Gasteiger partial charge is 0.110 e. The number of aromatic nitrogens is 2. The van der Waals surface area contributed by atoms with Gasteiger partial charge in [0.25, 0.3) is 0 Å². The van der Waals surface area contributed by atoms with Crippen LogP contribution < -0.4 is 5.32 Å². The van der Waals surface area contributed by atoms with E-state index < -0.39 is 0 Å². The molecule has 0 aliphatic heterocycles. The maximum atomic E-state index is 6.25. The molecular weight excluding hydrogens is 222 g/mol. The van der Waals surface area contributed by atoms with Gasteiger partial charge in [-0.25, -0.2) is 4.98 Å². The van der Waals surface area contributed by atoms with Crippen LogP contribution in [0.2, 0.25) is 5.02 Å². The first-order chi connectivity index (χ1) is 7.74. The van der Waals surface area contributed by atoms with Gasteiger partial charge in [-0.1, -0.05) is 23.7 Å². The molecule has 16 heavy (non-hydrogen) atoms. The first-order valence-corrected chi connectivity index (χ1v) is 5.54. The van der Waals surface area contributed by atoms with E-state index in [0.29, 0.717) is 0 Å². The van der Waals surface area contributed by atoms with Crippen molar-refractivity contribution in [2.75, 3.05) is 7.05 Å². The van der Waals surface area contributed by atoms with Crippen molar-refractivity contribution >= 4 is 11.6 Å². The Labute approximate surface area is 100 Å². The van der Waals surface area contributed by atoms with Crippen LogP contribution in [0.5, 0.6) is 0 Å². The molecule has 2 aromatic rings. The minimum absolute atomic E-state index is 0.744. The average Bonchev–Trinajstić information content (AvgIpc) is 2.65. The van der Waals surface area contributed by atoms with Crippen LogP contribution in [0.3, 0.4) is 0 Å². The van der Waals surface area contributed by atoms with E-state index in [9.17, 15) is 0 Å². The molecular formula is C12H14ClN3. The molecule has 3 nitrogen and oxygen atoms in total. The van der Waals surface area contributed by atoms with E-state index in [2.05, 4.69) is 16.4 Å². The second-order valence-electron chi connectivity index (χ2n) is 3.62. The molecule has 1 aromatic carbocycles. The van der Waals surface area contributed by atoms with Gasteiger partial charge in [-0.3, -0.25) is 0 Å². The number of imidazole rings is 1. The Balaban J connectivity index is 2.58. The van der Waals surface area contributed by atoms with Gasteiger partial charge in [0.1, 0.15) is 5.82 Å². The van der Waals surface area contributed by atoms with Crippen molar-refractivity contribution in [1.29, 1.82) is 0 Å². The number of hydrogen-bond donors (Lipinski definition) is 1. The van der Waals surface area contributed by atoms with Gasteiger partial charge in [-0.15, -0.1) is 0 Å². The maximum absolute atomic E-state index is 6.25. The quantitative estimate of drug-likeness (QED) is 0.886. The van der Waals surface area contributed by atoms with Crippen molar-refractivity contribution in [1.82, 2.24) is 14.9 Å². The molecule has 0 amide bonds. The Hall–Kier alpha value is -1.32. The van der Waals surface area contributed by atoms with Crippen LogP contribution in [0.25, 0.3) is 5.69 Å². The maximum Gasteiger partial charge on any atom is 0.110 e. The zero-order valence-electron chi connectivity index (χ0n) is 9.37. The van der Waals surface area contributed by atoms with E-state index in [4.69, 9.17) is 11.6 Å². The lowest BCUT2D eigenvalue weighted by Gasteiger charge is -2.13. The van der Waals surface area contributed by atoms with E-state index in [0.717, 1.165) is 28.6 Å². The highest BCUT2D eigenvalue weighted by molar-refractivity contribution is 6.32. The van der Waals surface area contributed by atoms with Gasteiger partial charge in [0.05, 0.1) is 10.7 Å². The highest BCUT2D eigenvalue weighted by Gasteiger charge is 2.10. The van der Waals surface area contributed by atoms with E-state index in [1.165, 1.54) is 0 Å². The van der Waals surface area contributed by atoms with Crippen molar-refractivity contribution in [3.63, 3.8) is 0 Å². The third kappa shape index (κ3) is 1.96. The number of para-hydroxylation sites is 1. The summed E-state index contributed by atoms with van der Waals surface area (Å²) in [7, 11) is 1.92. The Morgan fingerprint density at radius 1 is 1.44 bits per heavy atom. The highest BCUT2D eigenvalue weighted by atomic mass is 35.5. The monoisotopic (exact) mass is 235 g/mol. The minimum atomic E-state index is 0.744. The Bertz CT molecular complexity index is 491. The number of hydrogen-bond acceptors (Lipinski definition) is 2. The van der Waals surface area contributed by atoms with Crippen LogP contribution in [0.15, 0.2) is 30.6 Å². The fourth-order valence-electron chi connectivity index (χ4n) is 1.78. The molecule has 1 heterocycles. The number of nitrogens with zero attached hydrogens (tertiary/aromatic N) is 2. The molecule has 0 atom stereocenters. The SMILES string of the molecule is CNCc1cccc(Cl)c1-n1ccnc1C. The fraction of sp³-hybridized carbons (Fsp3) is 0.250. The standard InChI is InChI=1S/C12H14ClN3/c1-9-15-6-7-16(9)12-10(8-14-2)4-3-5-11(12)13/h3-7,14H,8H2,1-2H3. The Morgan fingerprint density at radius 2 is 2.25 bits per heavy atom. The summed E-state index contributed by atoms with van der Waals surface area (Å²) in [5.74, 6) is 0.936. The van der Waals surface area contributed by atoms with Crippen LogP contribution in [-0.2, 0) is 6.54 Å². The molecule has 1 N–H and O–H groups in total. The Morgan fingerprint density at radius 3 is 2.88 bits per heavy atom. The predicted molar refractivity (Wildman–Crippen MR) is 66.1 cm³/mol. The first kappa shape index (κ1) is 11.2. The molecule has 0 fully saturated rings. The predicted octanol–water partition coefficient (Wildman–Crippen LogP) is 2.55. The van der Waals surface area contributed by atoms with Crippen LogP contribution in [0.4, 0.5) is 0 Å². The zero-order valence-corrected chi connectivity index (χ0v) is 10.1. The van der Waals surface area contributed by atoms with Crippen molar-refractivity contribution < 1.29 is 0 Å². The lowest BCUT2D eigenvalue weighted by atomic mass is 10.1. The van der Waals surface area contributed by atoms with Gasteiger partial charge >= 0.3 is 0 Å². The summed E-state index contributed by atoms with van der Waals surface area (Å²) >= 11 is 6.25. The summed E-state index contributed by atoms with van der Waals surface area (Å²) in [4.78, 5) is 4.22. The van der Waals surface area contributed by atoms with E-state index in [1.54, 1.807) is 6.20 Å². The molecule has 0 aliphatic rings. The molecule has 2 rings (SSSR count). The lowest BCUT2D eigenvalue weighted by Crippen LogP contribution is -2.09. The van der Waals surface area contributed by atoms with Crippen LogP contribution in [-0.4, -0.2) is 16.6 Å². The normalized spacial score (nSPS) is 10.7. The molecule has 84 valence electrons. The van der Waals surface area contributed by atoms with Gasteiger partial charge in [-0.2, -0.15) is 0 Å². The summed E-state index contributed by atoms with van der Waals surface area (Å²) in [6.07, 6.45) is 3.71. The largest absolute Gasteiger partial charge is 0.316 e. The average molecular weight is 236 g/mol. The van der Waals surface area contributed by atoms with Crippen molar-refractivity contribution in [3.05, 3.63) is 47.0 Å². The molecule has 4 heteroatoms. The number of benzene rings is 1. The van der Waals surface area contributed by atoms with Crippen molar-refractivity contribution in [3.8, 4) is 5.69 Å². The number of aryl methyl sites for hydroxylation is 1. The fourth-order valence-corrected chi connectivity index (χ4v) is 2.06. The van der Waals surface area contributed by atoms with Gasteiger partial charge < -0.3 is 9.88 Å². The third-order valence-corrected chi connectivity index (χ3v) is 2.81. The third-order valence-electron chi connectivity index (χ3n) is 2.50. The van der Waals surface area contributed by atoms with Crippen LogP contribution in [0, 0.1) is 6.92 Å². The summed E-state index contributed by atoms with van der Waals surface area (Å²) in [6.45, 7) is 2.75. The topological polar surface area (TPSA) is 29.9 Å². The second-order valence-corrected chi connectivity index (χ2v) is 4.03. The molecule has 1 aromatic heterocycles. The number of nitrogens with one attached hydrogen (secondary N) is 1. The van der Waals surface area contributed by atoms with E-state index >= 15 is 0 Å². The van der Waals surface area contributed by atoms with Gasteiger partial charge in [0.15, 0.2) is 0 Å². The van der Waals surface area contributed by atoms with Gasteiger partial charge in [0.2, 0.25) is 0 Å². The highest BCUT2D eigenvalue weighted by Crippen LogP contribution is 2.25. The Kier molecular flexibility index (Phi) is 3.27. The molecule has 0 saturated heterocycles. The summed E-state index contributed by atoms with van der Waals surface area (Å²) in [5.41, 5.74) is 2.17. The molecule has 0 aliphatic carbocycles. The van der Waals surface area contributed by atoms with E-state index in [-0.39, 0.29) is 0 Å². The summed E-state index contributed by atoms with van der Waals surface area (Å²) in [6, 6.07) is 5.93. The van der Waals surface area contributed by atoms with Gasteiger partial charge in [-0.05, 0) is 25.6 Å². The van der Waals surface area contributed by atoms with E-state index in [1.807, 2.05) is 36.9 Å². The molecule has 0 spiro atoms. The number of halogens is 1. The summed E-state index contributed by atoms with van der Waals surface area (Å²) < 4.78 is 2.01. The molecule has 0 radical (unpaired) electrons. The van der Waals surface area contributed by atoms with Crippen molar-refractivity contribution in [2.24, 2.45) is 0 Å². The van der Waals surface area contributed by atoms with Crippen molar-refractivity contribution in [2.45, 2.75) is 13.5 Å². The lowest BCUT2D eigenvalue weighted by molar-refractivity contribution is 0.804. The second kappa shape index (κ2) is 4.68. The molecule has 0 bridgehead atoms. The van der Waals surface area contributed by atoms with Crippen LogP contribution in [0.1, 0.15) is 11.4 Å². The van der Waals surface area contributed by atoms with Crippen LogP contribution >= 0.6 is 11.6 Å². The molecule has 0 saturated carbocycles. The zero-order chi connectivity index (χ0) is 11.5. The molecule has 0 unspecified atom stereocenters. The first-order valence-electron chi connectivity index (χ1n) is 5.16.